The lowest BCUT2D eigenvalue weighted by Crippen LogP contribution is -2.10. The van der Waals surface area contributed by atoms with Gasteiger partial charge in [-0.15, -0.1) is 0 Å². The number of aromatic nitrogens is 1. The Morgan fingerprint density at radius 3 is 2.69 bits per heavy atom. The molecule has 3 nitrogen and oxygen atoms in total. The van der Waals surface area contributed by atoms with Gasteiger partial charge in [-0.3, -0.25) is 0 Å². The Balaban J connectivity index is 2.64. The van der Waals surface area contributed by atoms with E-state index in [1.807, 2.05) is 36.8 Å². The van der Waals surface area contributed by atoms with E-state index in [2.05, 4.69) is 0 Å². The molecule has 0 bridgehead atoms. The lowest BCUT2D eigenvalue weighted by atomic mass is 10.1. The highest BCUT2D eigenvalue weighted by atomic mass is 19.1. The van der Waals surface area contributed by atoms with Crippen molar-refractivity contribution in [3.05, 3.63) is 29.7 Å². The largest absolute Gasteiger partial charge is 0.505 e. The zero-order valence-corrected chi connectivity index (χ0v) is 9.66. The van der Waals surface area contributed by atoms with Crippen LogP contribution in [0.1, 0.15) is 5.56 Å². The molecular weight excluding hydrogens is 207 g/mol. The van der Waals surface area contributed by atoms with E-state index in [1.165, 1.54) is 12.1 Å². The summed E-state index contributed by atoms with van der Waals surface area (Å²) < 4.78 is 15.2. The van der Waals surface area contributed by atoms with Gasteiger partial charge in [0.1, 0.15) is 0 Å². The number of aromatic hydroxyl groups is 1. The molecule has 0 fully saturated rings. The van der Waals surface area contributed by atoms with E-state index in [9.17, 15) is 9.50 Å². The van der Waals surface area contributed by atoms with Crippen LogP contribution in [0.15, 0.2) is 18.3 Å². The van der Waals surface area contributed by atoms with Gasteiger partial charge in [0.25, 0.3) is 0 Å². The summed E-state index contributed by atoms with van der Waals surface area (Å²) in [5.41, 5.74) is 1.90. The molecule has 0 atom stereocenters. The fourth-order valence-electron chi connectivity index (χ4n) is 1.94. The highest BCUT2D eigenvalue weighted by Crippen LogP contribution is 2.27. The van der Waals surface area contributed by atoms with Crippen molar-refractivity contribution >= 4 is 10.9 Å². The van der Waals surface area contributed by atoms with Crippen LogP contribution < -0.4 is 0 Å². The minimum atomic E-state index is -0.571. The molecule has 2 rings (SSSR count). The quantitative estimate of drug-likeness (QED) is 0.842. The standard InChI is InChI=1S/C12H15FN2O/c1-14(2)6-8-7-15(3)11-5-12(16)10(13)4-9(8)11/h4-5,7,16H,6H2,1-3H3. The molecular formula is C12H15FN2O. The third kappa shape index (κ3) is 1.76. The molecule has 0 spiro atoms. The van der Waals surface area contributed by atoms with E-state index in [0.29, 0.717) is 0 Å². The molecule has 0 amide bonds. The van der Waals surface area contributed by atoms with Gasteiger partial charge in [-0.1, -0.05) is 0 Å². The average Bonchev–Trinajstić information content (AvgIpc) is 2.44. The molecule has 0 aliphatic heterocycles. The summed E-state index contributed by atoms with van der Waals surface area (Å²) >= 11 is 0. The van der Waals surface area contributed by atoms with Crippen molar-refractivity contribution in [2.75, 3.05) is 14.1 Å². The molecule has 0 aliphatic carbocycles. The van der Waals surface area contributed by atoms with Crippen molar-refractivity contribution in [2.24, 2.45) is 7.05 Å². The van der Waals surface area contributed by atoms with E-state index in [4.69, 9.17) is 0 Å². The van der Waals surface area contributed by atoms with Crippen LogP contribution in [0.2, 0.25) is 0 Å². The summed E-state index contributed by atoms with van der Waals surface area (Å²) in [4.78, 5) is 2.03. The van der Waals surface area contributed by atoms with Crippen LogP contribution in [0.4, 0.5) is 4.39 Å². The Kier molecular flexibility index (Phi) is 2.59. The van der Waals surface area contributed by atoms with Crippen LogP contribution in [0.25, 0.3) is 10.9 Å². The van der Waals surface area contributed by atoms with Gasteiger partial charge in [0.2, 0.25) is 0 Å². The summed E-state index contributed by atoms with van der Waals surface area (Å²) in [5, 5.41) is 10.2. The summed E-state index contributed by atoms with van der Waals surface area (Å²) in [5.74, 6) is -0.871. The van der Waals surface area contributed by atoms with Gasteiger partial charge in [0.05, 0.1) is 5.52 Å². The molecule has 1 N–H and O–H groups in total. The molecule has 86 valence electrons. The number of benzene rings is 1. The number of halogens is 1. The number of phenols is 1. The fourth-order valence-corrected chi connectivity index (χ4v) is 1.94. The van der Waals surface area contributed by atoms with Gasteiger partial charge in [-0.25, -0.2) is 4.39 Å². The third-order valence-corrected chi connectivity index (χ3v) is 2.63. The Hall–Kier alpha value is -1.55. The van der Waals surface area contributed by atoms with E-state index in [-0.39, 0.29) is 5.75 Å². The second kappa shape index (κ2) is 3.79. The maximum atomic E-state index is 13.3. The molecule has 0 unspecified atom stereocenters. The molecule has 0 saturated carbocycles. The number of aryl methyl sites for hydroxylation is 1. The molecule has 1 aromatic heterocycles. The predicted molar refractivity (Wildman–Crippen MR) is 61.9 cm³/mol. The molecule has 0 saturated heterocycles. The first-order valence-corrected chi connectivity index (χ1v) is 5.10. The van der Waals surface area contributed by atoms with E-state index >= 15 is 0 Å². The summed E-state index contributed by atoms with van der Waals surface area (Å²) in [6.45, 7) is 0.752. The van der Waals surface area contributed by atoms with Crippen molar-refractivity contribution < 1.29 is 9.50 Å². The lowest BCUT2D eigenvalue weighted by Gasteiger charge is -2.07. The minimum Gasteiger partial charge on any atom is -0.505 e. The second-order valence-corrected chi connectivity index (χ2v) is 4.32. The average molecular weight is 222 g/mol. The SMILES string of the molecule is CN(C)Cc1cn(C)c2cc(O)c(F)cc12. The first-order chi connectivity index (χ1) is 7.49. The molecule has 1 heterocycles. The van der Waals surface area contributed by atoms with Crippen LogP contribution >= 0.6 is 0 Å². The Bertz CT molecular complexity index is 531. The van der Waals surface area contributed by atoms with Crippen LogP contribution in [0, 0.1) is 5.82 Å². The van der Waals surface area contributed by atoms with E-state index < -0.39 is 5.82 Å². The molecule has 0 radical (unpaired) electrons. The highest BCUT2D eigenvalue weighted by Gasteiger charge is 2.11. The zero-order valence-electron chi connectivity index (χ0n) is 9.66. The normalized spacial score (nSPS) is 11.6. The maximum Gasteiger partial charge on any atom is 0.165 e. The zero-order chi connectivity index (χ0) is 11.9. The summed E-state index contributed by atoms with van der Waals surface area (Å²) in [7, 11) is 5.82. The van der Waals surface area contributed by atoms with Crippen LogP contribution in [-0.2, 0) is 13.6 Å². The van der Waals surface area contributed by atoms with Gasteiger partial charge in [-0.05, 0) is 25.7 Å². The Morgan fingerprint density at radius 1 is 1.38 bits per heavy atom. The van der Waals surface area contributed by atoms with Gasteiger partial charge in [-0.2, -0.15) is 0 Å². The van der Waals surface area contributed by atoms with Crippen LogP contribution in [0.3, 0.4) is 0 Å². The Morgan fingerprint density at radius 2 is 2.06 bits per heavy atom. The van der Waals surface area contributed by atoms with Crippen molar-refractivity contribution in [3.63, 3.8) is 0 Å². The number of rotatable bonds is 2. The van der Waals surface area contributed by atoms with E-state index in [0.717, 1.165) is 23.0 Å². The third-order valence-electron chi connectivity index (χ3n) is 2.63. The number of phenolic OH excluding ortho intramolecular Hbond substituents is 1. The molecule has 16 heavy (non-hydrogen) atoms. The van der Waals surface area contributed by atoms with Crippen LogP contribution in [-0.4, -0.2) is 28.7 Å². The fraction of sp³-hybridized carbons (Fsp3) is 0.333. The van der Waals surface area contributed by atoms with Crippen molar-refractivity contribution in [2.45, 2.75) is 6.54 Å². The van der Waals surface area contributed by atoms with Crippen molar-refractivity contribution in [1.82, 2.24) is 9.47 Å². The first-order valence-electron chi connectivity index (χ1n) is 5.10. The number of nitrogens with zero attached hydrogens (tertiary/aromatic N) is 2. The summed E-state index contributed by atoms with van der Waals surface area (Å²) in [6, 6.07) is 2.85. The monoisotopic (exact) mass is 222 g/mol. The number of hydrogen-bond donors (Lipinski definition) is 1. The van der Waals surface area contributed by atoms with E-state index in [1.54, 1.807) is 0 Å². The maximum absolute atomic E-state index is 13.3. The van der Waals surface area contributed by atoms with Crippen molar-refractivity contribution in [3.8, 4) is 5.75 Å². The number of hydrogen-bond acceptors (Lipinski definition) is 2. The van der Waals surface area contributed by atoms with Gasteiger partial charge < -0.3 is 14.6 Å². The summed E-state index contributed by atoms with van der Waals surface area (Å²) in [6.07, 6.45) is 1.96. The molecule has 2 aromatic rings. The van der Waals surface area contributed by atoms with Gasteiger partial charge >= 0.3 is 0 Å². The van der Waals surface area contributed by atoms with Gasteiger partial charge in [0, 0.05) is 31.2 Å². The smallest absolute Gasteiger partial charge is 0.165 e. The topological polar surface area (TPSA) is 28.4 Å². The van der Waals surface area contributed by atoms with Gasteiger partial charge in [0.15, 0.2) is 11.6 Å². The minimum absolute atomic E-state index is 0.301. The second-order valence-electron chi connectivity index (χ2n) is 4.32. The molecule has 4 heteroatoms. The highest BCUT2D eigenvalue weighted by molar-refractivity contribution is 5.85. The predicted octanol–water partition coefficient (Wildman–Crippen LogP) is 2.08. The lowest BCUT2D eigenvalue weighted by molar-refractivity contribution is 0.403. The first kappa shape index (κ1) is 11.0. The van der Waals surface area contributed by atoms with Crippen LogP contribution in [0.5, 0.6) is 5.75 Å². The molecule has 0 aliphatic rings. The van der Waals surface area contributed by atoms with Crippen molar-refractivity contribution in [1.29, 1.82) is 0 Å². The Labute approximate surface area is 93.7 Å². The number of fused-ring (bicyclic) bond motifs is 1. The molecule has 1 aromatic carbocycles.